The zero-order valence-corrected chi connectivity index (χ0v) is 34.4. The Morgan fingerprint density at radius 2 is 1.38 bits per heavy atom. The number of ketones is 2. The first-order valence-corrected chi connectivity index (χ1v) is 19.3. The van der Waals surface area contributed by atoms with Gasteiger partial charge in [0.05, 0.1) is 36.9 Å². The van der Waals surface area contributed by atoms with Crippen LogP contribution in [0, 0.1) is 17.8 Å². The fraction of sp³-hybridized carbons (Fsp3) is 0.658. The standard InChI is InChI=1S/C38H56N8O12/c1-16(2)12-22(43-33(51)19(6)41-25(47)10-11-26(48)56-8)35(53)42-20(7)34(52)44-23(13-17(3)4)36(54)46-24-14-45-29-27(31(50)28(39)18(5)30(29)49)21(15-58-37(40)55)38(45,57-9)32(24)46/h16-17,19-24,32H,10-15,39H2,1-9H3,(H2,40,55)(H,41,47)(H,42,53)(H,43,51)(H,44,52)/t19?,20?,21-,22?,23?,24+,32+,38-,46?/m0/s1. The van der Waals surface area contributed by atoms with Gasteiger partial charge in [-0.3, -0.25) is 38.4 Å². The molecule has 0 aromatic carbocycles. The van der Waals surface area contributed by atoms with Crippen molar-refractivity contribution >= 4 is 53.2 Å². The molecule has 58 heavy (non-hydrogen) atoms. The van der Waals surface area contributed by atoms with Crippen LogP contribution in [-0.4, -0.2) is 132 Å². The van der Waals surface area contributed by atoms with E-state index in [1.165, 1.54) is 39.9 Å². The number of hydrogen-bond donors (Lipinski definition) is 6. The smallest absolute Gasteiger partial charge is 0.404 e. The molecule has 20 nitrogen and oxygen atoms in total. The monoisotopic (exact) mass is 816 g/mol. The Hall–Kier alpha value is -5.53. The molecule has 8 N–H and O–H groups in total. The molecule has 0 aromatic rings. The van der Waals surface area contributed by atoms with Crippen LogP contribution in [0.15, 0.2) is 22.5 Å². The van der Waals surface area contributed by atoms with Crippen LogP contribution >= 0.6 is 0 Å². The number of rotatable bonds is 18. The number of nitrogens with zero attached hydrogens (tertiary/aromatic N) is 2. The third-order valence-corrected chi connectivity index (χ3v) is 10.9. The van der Waals surface area contributed by atoms with Crippen LogP contribution in [0.1, 0.15) is 74.1 Å². The number of carbonyl (C=O) groups is 9. The molecule has 2 saturated heterocycles. The second-order valence-corrected chi connectivity index (χ2v) is 15.9. The average molecular weight is 817 g/mol. The maximum absolute atomic E-state index is 14.4. The van der Waals surface area contributed by atoms with E-state index in [2.05, 4.69) is 26.0 Å². The molecule has 4 unspecified atom stereocenters. The van der Waals surface area contributed by atoms with Crippen molar-refractivity contribution < 1.29 is 57.4 Å². The average Bonchev–Trinajstić information content (AvgIpc) is 3.66. The molecule has 0 saturated carbocycles. The van der Waals surface area contributed by atoms with Gasteiger partial charge in [0.25, 0.3) is 0 Å². The number of nitrogens with one attached hydrogen (secondary N) is 4. The number of allylic oxidation sites excluding steroid dienone is 2. The number of fused-ring (bicyclic) bond motifs is 4. The van der Waals surface area contributed by atoms with Gasteiger partial charge >= 0.3 is 12.1 Å². The van der Waals surface area contributed by atoms with Crippen molar-refractivity contribution in [1.29, 1.82) is 0 Å². The summed E-state index contributed by atoms with van der Waals surface area (Å²) < 4.78 is 15.8. The minimum Gasteiger partial charge on any atom is -0.469 e. The van der Waals surface area contributed by atoms with E-state index >= 15 is 0 Å². The number of Topliss-reactive ketones (excluding diaryl/α,β-unsaturated/α-hetero) is 2. The Morgan fingerprint density at radius 1 is 0.810 bits per heavy atom. The number of amides is 6. The highest BCUT2D eigenvalue weighted by Crippen LogP contribution is 2.60. The number of methoxy groups -OCH3 is 2. The number of esters is 1. The lowest BCUT2D eigenvalue weighted by Gasteiger charge is -2.41. The zero-order chi connectivity index (χ0) is 43.5. The van der Waals surface area contributed by atoms with Crippen LogP contribution < -0.4 is 32.7 Å². The molecule has 0 spiro atoms. The maximum atomic E-state index is 14.4. The van der Waals surface area contributed by atoms with Crippen molar-refractivity contribution in [3.05, 3.63) is 22.5 Å². The molecular formula is C38H56N8O12. The number of carbonyl (C=O) groups excluding carboxylic acids is 9. The highest BCUT2D eigenvalue weighted by molar-refractivity contribution is 6.25. The van der Waals surface area contributed by atoms with Gasteiger partial charge in [0.15, 0.2) is 5.72 Å². The molecule has 0 aromatic heterocycles. The lowest BCUT2D eigenvalue weighted by atomic mass is 9.82. The number of primary amides is 1. The third-order valence-electron chi connectivity index (χ3n) is 10.9. The van der Waals surface area contributed by atoms with Crippen LogP contribution in [0.25, 0.3) is 0 Å². The largest absolute Gasteiger partial charge is 0.469 e. The fourth-order valence-corrected chi connectivity index (χ4v) is 8.02. The van der Waals surface area contributed by atoms with Crippen molar-refractivity contribution in [2.45, 2.75) is 116 Å². The number of piperazine rings is 1. The summed E-state index contributed by atoms with van der Waals surface area (Å²) >= 11 is 0. The van der Waals surface area contributed by atoms with Gasteiger partial charge in [0, 0.05) is 31.2 Å². The van der Waals surface area contributed by atoms with Gasteiger partial charge < -0.3 is 56.7 Å². The van der Waals surface area contributed by atoms with Crippen molar-refractivity contribution in [3.63, 3.8) is 0 Å². The lowest BCUT2D eigenvalue weighted by Crippen LogP contribution is -2.59. The second kappa shape index (κ2) is 17.9. The Kier molecular flexibility index (Phi) is 14.0. The quantitative estimate of drug-likeness (QED) is 0.0528. The van der Waals surface area contributed by atoms with E-state index in [4.69, 9.17) is 20.9 Å². The maximum Gasteiger partial charge on any atom is 0.404 e. The second-order valence-electron chi connectivity index (χ2n) is 15.9. The molecule has 3 heterocycles. The molecule has 4 aliphatic rings. The summed E-state index contributed by atoms with van der Waals surface area (Å²) in [5, 5.41) is 10.5. The van der Waals surface area contributed by atoms with Crippen LogP contribution in [0.4, 0.5) is 4.79 Å². The number of hydrogen-bond acceptors (Lipinski definition) is 14. The van der Waals surface area contributed by atoms with Crippen LogP contribution in [0.3, 0.4) is 0 Å². The minimum absolute atomic E-state index is 0.00681. The van der Waals surface area contributed by atoms with E-state index < -0.39 is 108 Å². The predicted octanol–water partition coefficient (Wildman–Crippen LogP) is -1.39. The predicted molar refractivity (Wildman–Crippen MR) is 203 cm³/mol. The summed E-state index contributed by atoms with van der Waals surface area (Å²) in [5.41, 5.74) is 9.71. The third kappa shape index (κ3) is 8.95. The van der Waals surface area contributed by atoms with Gasteiger partial charge in [-0.15, -0.1) is 0 Å². The van der Waals surface area contributed by atoms with E-state index in [0.29, 0.717) is 0 Å². The van der Waals surface area contributed by atoms with E-state index in [9.17, 15) is 43.2 Å². The summed E-state index contributed by atoms with van der Waals surface area (Å²) in [6.45, 7) is 11.4. The Labute approximate surface area is 336 Å². The Bertz CT molecular complexity index is 1810. The first kappa shape index (κ1) is 45.2. The van der Waals surface area contributed by atoms with Gasteiger partial charge in [-0.1, -0.05) is 27.7 Å². The molecule has 6 amide bonds. The Morgan fingerprint density at radius 3 is 1.93 bits per heavy atom. The summed E-state index contributed by atoms with van der Waals surface area (Å²) in [7, 11) is 2.56. The molecular weight excluding hydrogens is 760 g/mol. The molecule has 2 fully saturated rings. The van der Waals surface area contributed by atoms with E-state index in [1.54, 1.807) is 4.90 Å². The molecule has 8 atom stereocenters. The molecule has 320 valence electrons. The van der Waals surface area contributed by atoms with Gasteiger partial charge in [0.1, 0.15) is 36.8 Å². The Balaban J connectivity index is 1.47. The van der Waals surface area contributed by atoms with Gasteiger partial charge in [-0.05, 0) is 45.4 Å². The lowest BCUT2D eigenvalue weighted by molar-refractivity contribution is -0.155. The molecule has 1 aliphatic carbocycles. The van der Waals surface area contributed by atoms with Crippen molar-refractivity contribution in [1.82, 2.24) is 31.1 Å². The highest BCUT2D eigenvalue weighted by Gasteiger charge is 2.77. The molecule has 3 aliphatic heterocycles. The normalized spacial score (nSPS) is 24.0. The van der Waals surface area contributed by atoms with E-state index in [1.807, 2.05) is 27.7 Å². The minimum atomic E-state index is -1.51. The summed E-state index contributed by atoms with van der Waals surface area (Å²) in [4.78, 5) is 120. The van der Waals surface area contributed by atoms with Crippen molar-refractivity contribution in [3.8, 4) is 0 Å². The zero-order valence-electron chi connectivity index (χ0n) is 34.4. The van der Waals surface area contributed by atoms with Gasteiger partial charge in [-0.25, -0.2) is 4.79 Å². The van der Waals surface area contributed by atoms with Crippen LogP contribution in [0.2, 0.25) is 0 Å². The van der Waals surface area contributed by atoms with Crippen molar-refractivity contribution in [2.75, 3.05) is 27.4 Å². The van der Waals surface area contributed by atoms with E-state index in [-0.39, 0.29) is 66.6 Å². The summed E-state index contributed by atoms with van der Waals surface area (Å²) in [6.07, 6.45) is -1.08. The fourth-order valence-electron chi connectivity index (χ4n) is 8.02. The SMILES string of the molecule is COC(=O)CCC(=O)NC(C)C(=O)NC(CC(C)C)C(=O)NC(C)C(=O)NC(CC(C)C)C(=O)N1[C@@H]2CN3C4=C(C(=O)C(N)=C(C)C4=O)[C@H](COC(N)=O)[C@]3(OC)[C@@H]21. The topological polar surface area (TPSA) is 288 Å². The molecule has 0 bridgehead atoms. The van der Waals surface area contributed by atoms with Gasteiger partial charge in [0.2, 0.25) is 41.1 Å². The van der Waals surface area contributed by atoms with Crippen molar-refractivity contribution in [2.24, 2.45) is 29.2 Å². The van der Waals surface area contributed by atoms with Gasteiger partial charge in [-0.2, -0.15) is 0 Å². The summed E-state index contributed by atoms with van der Waals surface area (Å²) in [6, 6.07) is -5.60. The van der Waals surface area contributed by atoms with Crippen LogP contribution in [-0.2, 0) is 52.6 Å². The molecule has 4 rings (SSSR count). The first-order valence-electron chi connectivity index (χ1n) is 19.3. The number of nitrogens with two attached hydrogens (primary N) is 2. The first-order chi connectivity index (χ1) is 27.1. The highest BCUT2D eigenvalue weighted by atomic mass is 16.6. The van der Waals surface area contributed by atoms with Crippen LogP contribution in [0.5, 0.6) is 0 Å². The molecule has 20 heteroatoms. The summed E-state index contributed by atoms with van der Waals surface area (Å²) in [5.74, 6) is -5.90. The van der Waals surface area contributed by atoms with E-state index in [0.717, 1.165) is 0 Å². The number of ether oxygens (including phenoxy) is 3. The molecule has 0 radical (unpaired) electrons.